The number of rotatable bonds is 3. The molecule has 1 aromatic carbocycles. The third-order valence-corrected chi connectivity index (χ3v) is 7.28. The lowest BCUT2D eigenvalue weighted by molar-refractivity contribution is -0.137. The van der Waals surface area contributed by atoms with Gasteiger partial charge in [0.2, 0.25) is 11.8 Å². The lowest BCUT2D eigenvalue weighted by Crippen LogP contribution is -2.48. The molecule has 28 heavy (non-hydrogen) atoms. The SMILES string of the molecule is CC12CCC(=O)N1C(C(=O)Nc1cc(C(F)(F)F)ccc1N1CCCC1)CS2. The van der Waals surface area contributed by atoms with Gasteiger partial charge >= 0.3 is 6.18 Å². The van der Waals surface area contributed by atoms with Gasteiger partial charge in [0, 0.05) is 25.3 Å². The van der Waals surface area contributed by atoms with Crippen LogP contribution in [0, 0.1) is 0 Å². The van der Waals surface area contributed by atoms with Gasteiger partial charge in [-0.05, 0) is 44.4 Å². The van der Waals surface area contributed by atoms with Gasteiger partial charge in [0.1, 0.15) is 6.04 Å². The first-order valence-corrected chi connectivity index (χ1v) is 10.4. The summed E-state index contributed by atoms with van der Waals surface area (Å²) in [7, 11) is 0. The van der Waals surface area contributed by atoms with Gasteiger partial charge in [-0.1, -0.05) is 0 Å². The number of carbonyl (C=O) groups excluding carboxylic acids is 2. The van der Waals surface area contributed by atoms with Crippen LogP contribution in [-0.4, -0.2) is 46.5 Å². The number of nitrogens with zero attached hydrogens (tertiary/aromatic N) is 2. The van der Waals surface area contributed by atoms with Gasteiger partial charge in [-0.25, -0.2) is 0 Å². The van der Waals surface area contributed by atoms with Crippen LogP contribution in [0.3, 0.4) is 0 Å². The minimum Gasteiger partial charge on any atom is -0.370 e. The van der Waals surface area contributed by atoms with E-state index in [-0.39, 0.29) is 11.6 Å². The summed E-state index contributed by atoms with van der Waals surface area (Å²) in [5.41, 5.74) is -0.0411. The van der Waals surface area contributed by atoms with E-state index in [4.69, 9.17) is 0 Å². The molecular formula is C19H22F3N3O2S. The van der Waals surface area contributed by atoms with Gasteiger partial charge < -0.3 is 15.1 Å². The topological polar surface area (TPSA) is 52.7 Å². The van der Waals surface area contributed by atoms with E-state index in [9.17, 15) is 22.8 Å². The first-order valence-electron chi connectivity index (χ1n) is 9.42. The smallest absolute Gasteiger partial charge is 0.370 e. The lowest BCUT2D eigenvalue weighted by Gasteiger charge is -2.30. The van der Waals surface area contributed by atoms with Crippen molar-refractivity contribution in [2.24, 2.45) is 0 Å². The number of halogens is 3. The molecule has 3 saturated heterocycles. The summed E-state index contributed by atoms with van der Waals surface area (Å²) in [6, 6.07) is 2.82. The molecule has 2 unspecified atom stereocenters. The number of fused-ring (bicyclic) bond motifs is 1. The lowest BCUT2D eigenvalue weighted by atomic mass is 10.1. The first-order chi connectivity index (χ1) is 13.2. The first kappa shape index (κ1) is 19.4. The molecule has 2 atom stereocenters. The summed E-state index contributed by atoms with van der Waals surface area (Å²) in [4.78, 5) is 28.4. The van der Waals surface area contributed by atoms with Crippen LogP contribution in [0.15, 0.2) is 18.2 Å². The maximum absolute atomic E-state index is 13.2. The predicted molar refractivity (Wildman–Crippen MR) is 102 cm³/mol. The molecule has 4 rings (SSSR count). The highest BCUT2D eigenvalue weighted by atomic mass is 32.2. The second kappa shape index (κ2) is 6.86. The number of hydrogen-bond donors (Lipinski definition) is 1. The van der Waals surface area contributed by atoms with Crippen LogP contribution in [0.1, 0.15) is 38.2 Å². The molecule has 3 aliphatic rings. The van der Waals surface area contributed by atoms with Gasteiger partial charge in [-0.15, -0.1) is 11.8 Å². The molecule has 5 nitrogen and oxygen atoms in total. The van der Waals surface area contributed by atoms with E-state index in [0.717, 1.165) is 38.1 Å². The van der Waals surface area contributed by atoms with Crippen molar-refractivity contribution in [3.63, 3.8) is 0 Å². The standard InChI is InChI=1S/C19H22F3N3O2S/c1-18-7-6-16(26)25(18)15(11-28-18)17(27)23-13-10-12(19(20,21)22)4-5-14(13)24-8-2-3-9-24/h4-5,10,15H,2-3,6-9,11H2,1H3,(H,23,27). The Morgan fingerprint density at radius 2 is 2.00 bits per heavy atom. The maximum atomic E-state index is 13.2. The molecule has 0 bridgehead atoms. The number of thioether (sulfide) groups is 1. The Kier molecular flexibility index (Phi) is 4.76. The van der Waals surface area contributed by atoms with Crippen LogP contribution in [0.2, 0.25) is 0 Å². The van der Waals surface area contributed by atoms with Crippen LogP contribution < -0.4 is 10.2 Å². The van der Waals surface area contributed by atoms with Crippen molar-refractivity contribution in [3.05, 3.63) is 23.8 Å². The van der Waals surface area contributed by atoms with Crippen molar-refractivity contribution in [2.45, 2.75) is 49.7 Å². The molecule has 152 valence electrons. The Labute approximate surface area is 165 Å². The molecule has 0 saturated carbocycles. The third kappa shape index (κ3) is 3.33. The molecule has 1 aromatic rings. The molecule has 3 fully saturated rings. The van der Waals surface area contributed by atoms with Gasteiger partial charge in [0.25, 0.3) is 0 Å². The Bertz CT molecular complexity index is 810. The minimum atomic E-state index is -4.49. The van der Waals surface area contributed by atoms with E-state index in [1.165, 1.54) is 6.07 Å². The molecular weight excluding hydrogens is 391 g/mol. The van der Waals surface area contributed by atoms with E-state index in [0.29, 0.717) is 24.3 Å². The molecule has 0 aliphatic carbocycles. The Hall–Kier alpha value is -1.90. The van der Waals surface area contributed by atoms with Crippen LogP contribution in [0.5, 0.6) is 0 Å². The molecule has 3 heterocycles. The zero-order valence-electron chi connectivity index (χ0n) is 15.5. The quantitative estimate of drug-likeness (QED) is 0.821. The largest absolute Gasteiger partial charge is 0.416 e. The second-order valence-electron chi connectivity index (χ2n) is 7.68. The number of alkyl halides is 3. The zero-order valence-corrected chi connectivity index (χ0v) is 16.3. The Morgan fingerprint density at radius 3 is 2.68 bits per heavy atom. The Morgan fingerprint density at radius 1 is 1.29 bits per heavy atom. The summed E-state index contributed by atoms with van der Waals surface area (Å²) in [5.74, 6) is -0.0470. The molecule has 3 aliphatic heterocycles. The fourth-order valence-corrected chi connectivity index (χ4v) is 5.71. The maximum Gasteiger partial charge on any atom is 0.416 e. The number of nitrogens with one attached hydrogen (secondary N) is 1. The van der Waals surface area contributed by atoms with E-state index >= 15 is 0 Å². The van der Waals surface area contributed by atoms with Crippen molar-refractivity contribution in [1.82, 2.24) is 4.90 Å². The van der Waals surface area contributed by atoms with Gasteiger partial charge in [0.05, 0.1) is 21.8 Å². The summed E-state index contributed by atoms with van der Waals surface area (Å²) in [6.07, 6.45) is -1.48. The highest BCUT2D eigenvalue weighted by Crippen LogP contribution is 2.47. The van der Waals surface area contributed by atoms with Crippen LogP contribution >= 0.6 is 11.8 Å². The number of carbonyl (C=O) groups is 2. The van der Waals surface area contributed by atoms with Crippen LogP contribution in [0.25, 0.3) is 0 Å². The van der Waals surface area contributed by atoms with E-state index < -0.39 is 28.6 Å². The molecule has 1 N–H and O–H groups in total. The van der Waals surface area contributed by atoms with Crippen molar-refractivity contribution < 1.29 is 22.8 Å². The fourth-order valence-electron chi connectivity index (χ4n) is 4.28. The number of amides is 2. The molecule has 0 spiro atoms. The number of hydrogen-bond acceptors (Lipinski definition) is 4. The van der Waals surface area contributed by atoms with Crippen molar-refractivity contribution in [3.8, 4) is 0 Å². The normalized spacial score (nSPS) is 27.4. The molecule has 9 heteroatoms. The average Bonchev–Trinajstić information content (AvgIpc) is 3.32. The van der Waals surface area contributed by atoms with E-state index in [2.05, 4.69) is 5.32 Å². The molecule has 0 aromatic heterocycles. The summed E-state index contributed by atoms with van der Waals surface area (Å²) in [5, 5.41) is 2.70. The van der Waals surface area contributed by atoms with Crippen molar-refractivity contribution in [2.75, 3.05) is 29.1 Å². The molecule has 0 radical (unpaired) electrons. The summed E-state index contributed by atoms with van der Waals surface area (Å²) in [6.45, 7) is 3.43. The monoisotopic (exact) mass is 413 g/mol. The van der Waals surface area contributed by atoms with Crippen LogP contribution in [-0.2, 0) is 15.8 Å². The fraction of sp³-hybridized carbons (Fsp3) is 0.579. The highest BCUT2D eigenvalue weighted by Gasteiger charge is 2.53. The van der Waals surface area contributed by atoms with E-state index in [1.54, 1.807) is 16.7 Å². The zero-order chi connectivity index (χ0) is 20.1. The second-order valence-corrected chi connectivity index (χ2v) is 9.18. The summed E-state index contributed by atoms with van der Waals surface area (Å²) >= 11 is 1.56. The Balaban J connectivity index is 1.62. The predicted octanol–water partition coefficient (Wildman–Crippen LogP) is 3.70. The minimum absolute atomic E-state index is 0.0727. The van der Waals surface area contributed by atoms with E-state index in [1.807, 2.05) is 11.8 Å². The summed E-state index contributed by atoms with van der Waals surface area (Å²) < 4.78 is 39.6. The third-order valence-electron chi connectivity index (χ3n) is 5.78. The van der Waals surface area contributed by atoms with Gasteiger partial charge in [0.15, 0.2) is 0 Å². The van der Waals surface area contributed by atoms with Gasteiger partial charge in [-0.3, -0.25) is 9.59 Å². The molecule has 2 amide bonds. The van der Waals surface area contributed by atoms with Crippen LogP contribution in [0.4, 0.5) is 24.5 Å². The number of benzene rings is 1. The highest BCUT2D eigenvalue weighted by molar-refractivity contribution is 8.01. The average molecular weight is 413 g/mol. The van der Waals surface area contributed by atoms with Crippen molar-refractivity contribution >= 4 is 35.0 Å². The number of anilines is 2. The van der Waals surface area contributed by atoms with Gasteiger partial charge in [-0.2, -0.15) is 13.2 Å². The van der Waals surface area contributed by atoms with Crippen molar-refractivity contribution in [1.29, 1.82) is 0 Å².